The highest BCUT2D eigenvalue weighted by Gasteiger charge is 2.22. The van der Waals surface area contributed by atoms with E-state index in [-0.39, 0.29) is 6.17 Å². The van der Waals surface area contributed by atoms with Gasteiger partial charge in [-0.15, -0.1) is 0 Å². The second-order valence-corrected chi connectivity index (χ2v) is 4.78. The van der Waals surface area contributed by atoms with Gasteiger partial charge in [0.15, 0.2) is 0 Å². The van der Waals surface area contributed by atoms with Crippen LogP contribution in [0, 0.1) is 0 Å². The van der Waals surface area contributed by atoms with E-state index in [1.807, 2.05) is 42.5 Å². The smallest absolute Gasteiger partial charge is 0.141 e. The van der Waals surface area contributed by atoms with Gasteiger partial charge in [-0.25, -0.2) is 0 Å². The molecule has 3 aromatic rings. The van der Waals surface area contributed by atoms with Crippen molar-refractivity contribution in [3.8, 4) is 11.4 Å². The van der Waals surface area contributed by atoms with Gasteiger partial charge >= 0.3 is 0 Å². The number of nitrogens with zero attached hydrogens (tertiary/aromatic N) is 3. The zero-order chi connectivity index (χ0) is 14.1. The molecule has 0 amide bonds. The molecule has 5 heteroatoms. The number of hydrogen-bond acceptors (Lipinski definition) is 5. The van der Waals surface area contributed by atoms with Crippen molar-refractivity contribution in [2.24, 2.45) is 0 Å². The summed E-state index contributed by atoms with van der Waals surface area (Å²) in [5.41, 5.74) is 4.50. The van der Waals surface area contributed by atoms with E-state index in [4.69, 9.17) is 0 Å². The van der Waals surface area contributed by atoms with Gasteiger partial charge in [-0.2, -0.15) is 0 Å². The van der Waals surface area contributed by atoms with Gasteiger partial charge in [0, 0.05) is 18.6 Å². The number of pyridine rings is 3. The minimum absolute atomic E-state index is 0.125. The second kappa shape index (κ2) is 4.86. The number of rotatable bonds is 1. The summed E-state index contributed by atoms with van der Waals surface area (Å²) in [6.07, 6.45) is 5.22. The Balaban J connectivity index is 1.88. The fourth-order valence-corrected chi connectivity index (χ4v) is 2.46. The molecular formula is C16H13N5. The molecule has 0 unspecified atom stereocenters. The second-order valence-electron chi connectivity index (χ2n) is 4.78. The number of aromatic nitrogens is 3. The molecule has 21 heavy (non-hydrogen) atoms. The SMILES string of the molecule is c1ccc(C2Nc3cccnc3-c3ncccc3N2)nc1. The fraction of sp³-hybridized carbons (Fsp3) is 0.0625. The van der Waals surface area contributed by atoms with Crippen molar-refractivity contribution in [1.29, 1.82) is 0 Å². The standard InChI is InChI=1S/C16H13N5/c1-2-8-17-13(5-1)16-20-11-6-3-9-18-14(11)15-12(21-16)7-4-10-19-15/h1-10,16,20-21H. The Labute approximate surface area is 122 Å². The van der Waals surface area contributed by atoms with E-state index in [1.54, 1.807) is 18.6 Å². The van der Waals surface area contributed by atoms with Crippen LogP contribution < -0.4 is 10.6 Å². The normalized spacial score (nSPS) is 13.3. The van der Waals surface area contributed by atoms with Crippen LogP contribution in [0.5, 0.6) is 0 Å². The molecule has 0 radical (unpaired) electrons. The minimum Gasteiger partial charge on any atom is -0.359 e. The van der Waals surface area contributed by atoms with Crippen molar-refractivity contribution in [3.63, 3.8) is 0 Å². The van der Waals surface area contributed by atoms with Gasteiger partial charge in [0.05, 0.1) is 17.1 Å². The Bertz CT molecular complexity index is 725. The molecule has 0 spiro atoms. The summed E-state index contributed by atoms with van der Waals surface area (Å²) in [5, 5.41) is 6.89. The van der Waals surface area contributed by atoms with Crippen LogP contribution >= 0.6 is 0 Å². The topological polar surface area (TPSA) is 62.7 Å². The molecule has 1 aliphatic heterocycles. The van der Waals surface area contributed by atoms with E-state index in [1.165, 1.54) is 0 Å². The third-order valence-corrected chi connectivity index (χ3v) is 3.42. The molecular weight excluding hydrogens is 262 g/mol. The molecule has 0 saturated heterocycles. The quantitative estimate of drug-likeness (QED) is 0.714. The number of hydrogen-bond donors (Lipinski definition) is 2. The van der Waals surface area contributed by atoms with Crippen LogP contribution in [0.3, 0.4) is 0 Å². The highest BCUT2D eigenvalue weighted by molar-refractivity contribution is 5.83. The van der Waals surface area contributed by atoms with Gasteiger partial charge in [-0.3, -0.25) is 15.0 Å². The lowest BCUT2D eigenvalue weighted by Gasteiger charge is -2.19. The lowest BCUT2D eigenvalue weighted by molar-refractivity contribution is 0.859. The average molecular weight is 275 g/mol. The molecule has 0 fully saturated rings. The molecule has 102 valence electrons. The van der Waals surface area contributed by atoms with Crippen LogP contribution in [0.2, 0.25) is 0 Å². The third-order valence-electron chi connectivity index (χ3n) is 3.42. The van der Waals surface area contributed by atoms with Crippen molar-refractivity contribution < 1.29 is 0 Å². The summed E-state index contributed by atoms with van der Waals surface area (Å²) in [5.74, 6) is 0. The first kappa shape index (κ1) is 11.8. The zero-order valence-corrected chi connectivity index (χ0v) is 11.2. The van der Waals surface area contributed by atoms with E-state index >= 15 is 0 Å². The molecule has 0 aromatic carbocycles. The maximum Gasteiger partial charge on any atom is 0.141 e. The molecule has 0 atom stereocenters. The summed E-state index contributed by atoms with van der Waals surface area (Å²) in [4.78, 5) is 13.4. The van der Waals surface area contributed by atoms with E-state index < -0.39 is 0 Å². The van der Waals surface area contributed by atoms with E-state index in [0.717, 1.165) is 28.5 Å². The molecule has 0 bridgehead atoms. The Hall–Kier alpha value is -2.95. The van der Waals surface area contributed by atoms with Gasteiger partial charge in [0.25, 0.3) is 0 Å². The average Bonchev–Trinajstić information content (AvgIpc) is 2.72. The van der Waals surface area contributed by atoms with Crippen LogP contribution in [0.25, 0.3) is 11.4 Å². The van der Waals surface area contributed by atoms with Gasteiger partial charge < -0.3 is 10.6 Å². The van der Waals surface area contributed by atoms with E-state index in [0.29, 0.717) is 0 Å². The lowest BCUT2D eigenvalue weighted by atomic mass is 10.2. The predicted octanol–water partition coefficient (Wildman–Crippen LogP) is 3.07. The van der Waals surface area contributed by atoms with Crippen molar-refractivity contribution in [2.45, 2.75) is 6.17 Å². The fourth-order valence-electron chi connectivity index (χ4n) is 2.46. The van der Waals surface area contributed by atoms with Crippen molar-refractivity contribution in [3.05, 3.63) is 66.7 Å². The number of fused-ring (bicyclic) bond motifs is 3. The monoisotopic (exact) mass is 275 g/mol. The maximum absolute atomic E-state index is 4.46. The van der Waals surface area contributed by atoms with Crippen LogP contribution in [0.1, 0.15) is 11.9 Å². The van der Waals surface area contributed by atoms with Crippen molar-refractivity contribution in [2.75, 3.05) is 10.6 Å². The molecule has 4 heterocycles. The minimum atomic E-state index is -0.125. The number of nitrogens with one attached hydrogen (secondary N) is 2. The van der Waals surface area contributed by atoms with E-state index in [2.05, 4.69) is 25.6 Å². The van der Waals surface area contributed by atoms with Gasteiger partial charge in [0.1, 0.15) is 17.6 Å². The molecule has 1 aliphatic rings. The molecule has 2 N–H and O–H groups in total. The third kappa shape index (κ3) is 2.08. The Morgan fingerprint density at radius 1 is 0.667 bits per heavy atom. The largest absolute Gasteiger partial charge is 0.359 e. The zero-order valence-electron chi connectivity index (χ0n) is 11.2. The summed E-state index contributed by atoms with van der Waals surface area (Å²) < 4.78 is 0. The predicted molar refractivity (Wildman–Crippen MR) is 81.7 cm³/mol. The van der Waals surface area contributed by atoms with Gasteiger partial charge in [-0.05, 0) is 36.4 Å². The highest BCUT2D eigenvalue weighted by Crippen LogP contribution is 2.36. The van der Waals surface area contributed by atoms with Crippen molar-refractivity contribution in [1.82, 2.24) is 15.0 Å². The Morgan fingerprint density at radius 2 is 1.29 bits per heavy atom. The lowest BCUT2D eigenvalue weighted by Crippen LogP contribution is -2.19. The van der Waals surface area contributed by atoms with Crippen LogP contribution in [-0.2, 0) is 0 Å². The first-order valence-corrected chi connectivity index (χ1v) is 6.76. The molecule has 0 saturated carbocycles. The number of anilines is 2. The Kier molecular flexibility index (Phi) is 2.74. The van der Waals surface area contributed by atoms with Gasteiger partial charge in [0.2, 0.25) is 0 Å². The molecule has 5 nitrogen and oxygen atoms in total. The summed E-state index contributed by atoms with van der Waals surface area (Å²) in [6, 6.07) is 13.7. The molecule has 4 rings (SSSR count). The first-order valence-electron chi connectivity index (χ1n) is 6.76. The van der Waals surface area contributed by atoms with Crippen LogP contribution in [0.4, 0.5) is 11.4 Å². The van der Waals surface area contributed by atoms with E-state index in [9.17, 15) is 0 Å². The summed E-state index contributed by atoms with van der Waals surface area (Å²) >= 11 is 0. The van der Waals surface area contributed by atoms with Gasteiger partial charge in [-0.1, -0.05) is 6.07 Å². The Morgan fingerprint density at radius 3 is 1.86 bits per heavy atom. The van der Waals surface area contributed by atoms with Crippen LogP contribution in [0.15, 0.2) is 61.1 Å². The summed E-state index contributed by atoms with van der Waals surface area (Å²) in [6.45, 7) is 0. The first-order chi connectivity index (χ1) is 10.4. The maximum atomic E-state index is 4.46. The highest BCUT2D eigenvalue weighted by atomic mass is 15.2. The summed E-state index contributed by atoms with van der Waals surface area (Å²) in [7, 11) is 0. The molecule has 3 aromatic heterocycles. The molecule has 0 aliphatic carbocycles. The van der Waals surface area contributed by atoms with Crippen molar-refractivity contribution >= 4 is 11.4 Å². The van der Waals surface area contributed by atoms with Crippen LogP contribution in [-0.4, -0.2) is 15.0 Å².